The number of hydrogen-bond acceptors (Lipinski definition) is 1. The summed E-state index contributed by atoms with van der Waals surface area (Å²) < 4.78 is 0. The van der Waals surface area contributed by atoms with Crippen LogP contribution in [0.25, 0.3) is 0 Å². The van der Waals surface area contributed by atoms with Crippen molar-refractivity contribution in [2.24, 2.45) is 46.3 Å². The molecule has 0 bridgehead atoms. The summed E-state index contributed by atoms with van der Waals surface area (Å²) in [5, 5.41) is 10.7. The van der Waals surface area contributed by atoms with Crippen LogP contribution in [-0.4, -0.2) is 10.7 Å². The topological polar surface area (TPSA) is 20.2 Å². The molecule has 0 saturated heterocycles. The van der Waals surface area contributed by atoms with Crippen LogP contribution >= 0.6 is 0 Å². The molecule has 0 radical (unpaired) electrons. The van der Waals surface area contributed by atoms with Crippen molar-refractivity contribution in [1.29, 1.82) is 0 Å². The smallest absolute Gasteiger partial charge is 0.0657 e. The summed E-state index contributed by atoms with van der Waals surface area (Å²) in [5.74, 6) is 5.41. The van der Waals surface area contributed by atoms with E-state index in [0.29, 0.717) is 10.8 Å². The summed E-state index contributed by atoms with van der Waals surface area (Å²) in [7, 11) is 0. The summed E-state index contributed by atoms with van der Waals surface area (Å²) >= 11 is 0. The van der Waals surface area contributed by atoms with Crippen molar-refractivity contribution in [2.45, 2.75) is 118 Å². The van der Waals surface area contributed by atoms with E-state index < -0.39 is 5.60 Å². The molecule has 4 aliphatic rings. The van der Waals surface area contributed by atoms with Gasteiger partial charge in [-0.1, -0.05) is 65.5 Å². The highest BCUT2D eigenvalue weighted by atomic mass is 16.3. The van der Waals surface area contributed by atoms with Crippen molar-refractivity contribution in [2.75, 3.05) is 0 Å². The van der Waals surface area contributed by atoms with E-state index in [4.69, 9.17) is 0 Å². The summed E-state index contributed by atoms with van der Waals surface area (Å²) in [6.07, 6.45) is 17.1. The van der Waals surface area contributed by atoms with Crippen molar-refractivity contribution in [3.63, 3.8) is 0 Å². The molecule has 0 aromatic carbocycles. The first-order valence-corrected chi connectivity index (χ1v) is 13.0. The maximum absolute atomic E-state index is 10.7. The molecule has 3 saturated carbocycles. The minimum absolute atomic E-state index is 0.369. The highest BCUT2D eigenvalue weighted by Crippen LogP contribution is 2.67. The Labute approximate surface area is 181 Å². The van der Waals surface area contributed by atoms with E-state index in [1.807, 2.05) is 0 Å². The Bertz CT molecular complexity index is 630. The Kier molecular flexibility index (Phi) is 5.81. The van der Waals surface area contributed by atoms with Crippen molar-refractivity contribution in [3.8, 4) is 0 Å². The van der Waals surface area contributed by atoms with Crippen LogP contribution in [-0.2, 0) is 0 Å². The van der Waals surface area contributed by atoms with Crippen LogP contribution in [0.5, 0.6) is 0 Å². The monoisotopic (exact) mass is 400 g/mol. The van der Waals surface area contributed by atoms with Gasteiger partial charge in [0.25, 0.3) is 0 Å². The van der Waals surface area contributed by atoms with Gasteiger partial charge in [-0.25, -0.2) is 0 Å². The molecule has 1 heteroatoms. The van der Waals surface area contributed by atoms with E-state index in [1.54, 1.807) is 5.57 Å². The molecule has 0 aromatic rings. The number of allylic oxidation sites excluding steroid dienone is 1. The lowest BCUT2D eigenvalue weighted by Gasteiger charge is -2.59. The first-order valence-electron chi connectivity index (χ1n) is 13.0. The zero-order valence-corrected chi connectivity index (χ0v) is 20.3. The van der Waals surface area contributed by atoms with Crippen molar-refractivity contribution >= 4 is 0 Å². The van der Waals surface area contributed by atoms with Crippen LogP contribution in [0.3, 0.4) is 0 Å². The lowest BCUT2D eigenvalue weighted by atomic mass is 9.46. The standard InChI is InChI=1S/C28H48O/c1-19(2)8-7-9-20(3)23-12-13-24-22-11-10-21-18-26(4,29)16-17-27(21,5)25(22)14-15-28(23,24)6/h10,19-20,22-25,29H,7-9,11-18H2,1-6H3/t20-,22+,23-,24+,25+,26?,27+,28-/m1/s1. The minimum atomic E-state index is -0.467. The predicted octanol–water partition coefficient (Wildman–Crippen LogP) is 7.78. The molecule has 1 nitrogen and oxygen atoms in total. The molecule has 4 rings (SSSR count). The molecular weight excluding hydrogens is 352 g/mol. The second-order valence-corrected chi connectivity index (χ2v) is 13.0. The molecule has 8 atom stereocenters. The van der Waals surface area contributed by atoms with Crippen LogP contribution in [0.1, 0.15) is 112 Å². The minimum Gasteiger partial charge on any atom is -0.390 e. The summed E-state index contributed by atoms with van der Waals surface area (Å²) in [6, 6.07) is 0. The van der Waals surface area contributed by atoms with Gasteiger partial charge in [0.1, 0.15) is 0 Å². The van der Waals surface area contributed by atoms with Crippen LogP contribution in [0.2, 0.25) is 0 Å². The van der Waals surface area contributed by atoms with Gasteiger partial charge in [0.2, 0.25) is 0 Å². The van der Waals surface area contributed by atoms with Crippen LogP contribution < -0.4 is 0 Å². The Morgan fingerprint density at radius 1 is 0.966 bits per heavy atom. The van der Waals surface area contributed by atoms with Crippen LogP contribution in [0.4, 0.5) is 0 Å². The first-order chi connectivity index (χ1) is 13.6. The normalized spacial score (nSPS) is 47.9. The first kappa shape index (κ1) is 21.9. The lowest BCUT2D eigenvalue weighted by Crippen LogP contribution is -2.52. The fourth-order valence-electron chi connectivity index (χ4n) is 8.83. The molecular formula is C28H48O. The van der Waals surface area contributed by atoms with Crippen molar-refractivity contribution in [1.82, 2.24) is 0 Å². The van der Waals surface area contributed by atoms with E-state index in [1.165, 1.54) is 57.8 Å². The molecule has 0 aliphatic heterocycles. The van der Waals surface area contributed by atoms with E-state index in [0.717, 1.165) is 48.3 Å². The molecule has 1 N–H and O–H groups in total. The van der Waals surface area contributed by atoms with E-state index in [9.17, 15) is 5.11 Å². The molecule has 3 fully saturated rings. The van der Waals surface area contributed by atoms with Gasteiger partial charge in [-0.3, -0.25) is 0 Å². The maximum atomic E-state index is 10.7. The fourth-order valence-corrected chi connectivity index (χ4v) is 8.83. The van der Waals surface area contributed by atoms with Gasteiger partial charge in [0, 0.05) is 0 Å². The third-order valence-electron chi connectivity index (χ3n) is 10.6. The largest absolute Gasteiger partial charge is 0.390 e. The Morgan fingerprint density at radius 2 is 1.72 bits per heavy atom. The third kappa shape index (κ3) is 3.77. The van der Waals surface area contributed by atoms with Crippen LogP contribution in [0.15, 0.2) is 11.6 Å². The molecule has 166 valence electrons. The summed E-state index contributed by atoms with van der Waals surface area (Å²) in [4.78, 5) is 0. The number of rotatable bonds is 5. The molecule has 0 aromatic heterocycles. The Hall–Kier alpha value is -0.300. The summed E-state index contributed by atoms with van der Waals surface area (Å²) in [5.41, 5.74) is 2.09. The molecule has 4 aliphatic carbocycles. The SMILES string of the molecule is CC(C)CCC[C@@H](C)[C@H]1CC[C@H]2[C@@H]3CC=C4CC(C)(O)CC[C@]4(C)[C@H]3CC[C@]12C. The predicted molar refractivity (Wildman–Crippen MR) is 124 cm³/mol. The van der Waals surface area contributed by atoms with Gasteiger partial charge in [0.05, 0.1) is 5.60 Å². The average Bonchev–Trinajstić information content (AvgIpc) is 2.99. The van der Waals surface area contributed by atoms with Gasteiger partial charge in [-0.15, -0.1) is 0 Å². The molecule has 0 heterocycles. The average molecular weight is 401 g/mol. The van der Waals surface area contributed by atoms with E-state index in [-0.39, 0.29) is 0 Å². The molecule has 0 amide bonds. The number of hydrogen-bond donors (Lipinski definition) is 1. The van der Waals surface area contributed by atoms with Crippen molar-refractivity contribution in [3.05, 3.63) is 11.6 Å². The van der Waals surface area contributed by atoms with Gasteiger partial charge < -0.3 is 5.11 Å². The van der Waals surface area contributed by atoms with Gasteiger partial charge in [-0.05, 0) is 105 Å². The maximum Gasteiger partial charge on any atom is 0.0657 e. The highest BCUT2D eigenvalue weighted by molar-refractivity contribution is 5.26. The van der Waals surface area contributed by atoms with E-state index >= 15 is 0 Å². The quantitative estimate of drug-likeness (QED) is 0.467. The third-order valence-corrected chi connectivity index (χ3v) is 10.6. The number of fused-ring (bicyclic) bond motifs is 5. The Morgan fingerprint density at radius 3 is 2.45 bits per heavy atom. The zero-order chi connectivity index (χ0) is 21.0. The Balaban J connectivity index is 1.50. The van der Waals surface area contributed by atoms with Gasteiger partial charge in [0.15, 0.2) is 0 Å². The second kappa shape index (κ2) is 7.68. The summed E-state index contributed by atoms with van der Waals surface area (Å²) in [6.45, 7) is 14.6. The van der Waals surface area contributed by atoms with Gasteiger partial charge in [-0.2, -0.15) is 0 Å². The highest BCUT2D eigenvalue weighted by Gasteiger charge is 2.59. The van der Waals surface area contributed by atoms with Gasteiger partial charge >= 0.3 is 0 Å². The van der Waals surface area contributed by atoms with E-state index in [2.05, 4.69) is 47.6 Å². The van der Waals surface area contributed by atoms with Crippen LogP contribution in [0, 0.1) is 46.3 Å². The lowest BCUT2D eigenvalue weighted by molar-refractivity contribution is -0.0705. The number of aliphatic hydroxyl groups is 1. The van der Waals surface area contributed by atoms with Crippen molar-refractivity contribution < 1.29 is 5.11 Å². The zero-order valence-electron chi connectivity index (χ0n) is 20.3. The molecule has 29 heavy (non-hydrogen) atoms. The second-order valence-electron chi connectivity index (χ2n) is 13.0. The fraction of sp³-hybridized carbons (Fsp3) is 0.929. The molecule has 1 unspecified atom stereocenters. The molecule has 0 spiro atoms.